The zero-order valence-corrected chi connectivity index (χ0v) is 9.52. The number of aliphatic hydroxyl groups is 1. The molecule has 1 N–H and O–H groups in total. The van der Waals surface area contributed by atoms with Crippen LogP contribution in [0.2, 0.25) is 0 Å². The van der Waals surface area contributed by atoms with Crippen LogP contribution in [0.15, 0.2) is 0 Å². The minimum absolute atomic E-state index is 0.489. The monoisotopic (exact) mass is 182 g/mol. The lowest BCUT2D eigenvalue weighted by molar-refractivity contribution is 0.0975. The summed E-state index contributed by atoms with van der Waals surface area (Å²) in [7, 11) is 0. The molecule has 0 fully saturated rings. The summed E-state index contributed by atoms with van der Waals surface area (Å²) in [6.45, 7) is 10.2. The van der Waals surface area contributed by atoms with E-state index in [2.05, 4.69) is 39.5 Å². The van der Waals surface area contributed by atoms with E-state index in [1.165, 1.54) is 0 Å². The summed E-state index contributed by atoms with van der Waals surface area (Å²) in [5.74, 6) is 7.03. The molecule has 0 aromatic heterocycles. The largest absolute Gasteiger partial charge is 0.378 e. The Bertz CT molecular complexity index is 191. The molecular weight excluding hydrogens is 160 g/mol. The second kappa shape index (κ2) is 5.29. The van der Waals surface area contributed by atoms with E-state index < -0.39 is 5.60 Å². The first-order valence-corrected chi connectivity index (χ1v) is 5.06. The molecule has 0 saturated carbocycles. The molecule has 0 radical (unpaired) electrons. The maximum atomic E-state index is 9.82. The van der Waals surface area contributed by atoms with Crippen molar-refractivity contribution in [3.63, 3.8) is 0 Å². The molecule has 1 heteroatoms. The fourth-order valence-electron chi connectivity index (χ4n) is 1.29. The molecule has 0 aliphatic heterocycles. The Morgan fingerprint density at radius 1 is 1.15 bits per heavy atom. The molecule has 0 aromatic carbocycles. The van der Waals surface area contributed by atoms with Crippen molar-refractivity contribution in [2.45, 2.75) is 53.1 Å². The van der Waals surface area contributed by atoms with Gasteiger partial charge in [0.05, 0.1) is 0 Å². The van der Waals surface area contributed by atoms with Crippen LogP contribution >= 0.6 is 0 Å². The fraction of sp³-hybridized carbons (Fsp3) is 0.833. The predicted octanol–water partition coefficient (Wildman–Crippen LogP) is 2.83. The molecule has 0 aliphatic rings. The summed E-state index contributed by atoms with van der Waals surface area (Å²) in [6, 6.07) is 0. The molecule has 1 unspecified atom stereocenters. The summed E-state index contributed by atoms with van der Waals surface area (Å²) in [4.78, 5) is 0. The second-order valence-corrected chi connectivity index (χ2v) is 4.77. The van der Waals surface area contributed by atoms with Crippen LogP contribution in [-0.4, -0.2) is 10.7 Å². The minimum atomic E-state index is -0.803. The van der Waals surface area contributed by atoms with Crippen LogP contribution in [0.5, 0.6) is 0 Å². The molecule has 13 heavy (non-hydrogen) atoms. The molecule has 0 aliphatic carbocycles. The van der Waals surface area contributed by atoms with Crippen LogP contribution in [0.3, 0.4) is 0 Å². The third-order valence-electron chi connectivity index (χ3n) is 1.67. The Balaban J connectivity index is 4.04. The predicted molar refractivity (Wildman–Crippen MR) is 57.3 cm³/mol. The van der Waals surface area contributed by atoms with Gasteiger partial charge in [-0.1, -0.05) is 33.6 Å². The van der Waals surface area contributed by atoms with Crippen LogP contribution < -0.4 is 0 Å². The Morgan fingerprint density at radius 2 is 1.69 bits per heavy atom. The van der Waals surface area contributed by atoms with Crippen LogP contribution in [0.25, 0.3) is 0 Å². The molecule has 0 bridgehead atoms. The molecule has 0 heterocycles. The van der Waals surface area contributed by atoms with Gasteiger partial charge < -0.3 is 5.11 Å². The number of hydrogen-bond donors (Lipinski definition) is 1. The van der Waals surface area contributed by atoms with Crippen molar-refractivity contribution in [1.82, 2.24) is 0 Å². The van der Waals surface area contributed by atoms with E-state index in [-0.39, 0.29) is 0 Å². The lowest BCUT2D eigenvalue weighted by Gasteiger charge is -2.18. The quantitative estimate of drug-likeness (QED) is 0.665. The van der Waals surface area contributed by atoms with E-state index in [1.807, 2.05) is 0 Å². The highest BCUT2D eigenvalue weighted by Crippen LogP contribution is 2.15. The first kappa shape index (κ1) is 12.5. The second-order valence-electron chi connectivity index (χ2n) is 4.77. The van der Waals surface area contributed by atoms with Crippen LogP contribution in [0, 0.1) is 23.7 Å². The highest BCUT2D eigenvalue weighted by atomic mass is 16.3. The van der Waals surface area contributed by atoms with E-state index in [4.69, 9.17) is 0 Å². The molecule has 1 atom stereocenters. The summed E-state index contributed by atoms with van der Waals surface area (Å²) in [5.41, 5.74) is -0.803. The maximum Gasteiger partial charge on any atom is 0.122 e. The Kier molecular flexibility index (Phi) is 5.10. The fourth-order valence-corrected chi connectivity index (χ4v) is 1.29. The van der Waals surface area contributed by atoms with Crippen LogP contribution in [0.4, 0.5) is 0 Å². The van der Waals surface area contributed by atoms with Gasteiger partial charge in [0.25, 0.3) is 0 Å². The van der Waals surface area contributed by atoms with Crippen molar-refractivity contribution in [2.24, 2.45) is 11.8 Å². The van der Waals surface area contributed by atoms with E-state index in [0.717, 1.165) is 12.8 Å². The molecule has 1 nitrogen and oxygen atoms in total. The van der Waals surface area contributed by atoms with Gasteiger partial charge >= 0.3 is 0 Å². The van der Waals surface area contributed by atoms with Gasteiger partial charge in [-0.3, -0.25) is 0 Å². The third kappa shape index (κ3) is 7.87. The molecule has 76 valence electrons. The highest BCUT2D eigenvalue weighted by molar-refractivity contribution is 5.12. The first-order valence-electron chi connectivity index (χ1n) is 5.06. The summed E-state index contributed by atoms with van der Waals surface area (Å²) < 4.78 is 0. The molecule has 0 saturated heterocycles. The summed E-state index contributed by atoms with van der Waals surface area (Å²) in [5, 5.41) is 9.82. The van der Waals surface area contributed by atoms with Gasteiger partial charge in [0.2, 0.25) is 0 Å². The first-order chi connectivity index (χ1) is 5.83. The molecule has 0 amide bonds. The molecule has 0 rings (SSSR count). The van der Waals surface area contributed by atoms with Crippen molar-refractivity contribution in [3.8, 4) is 11.8 Å². The van der Waals surface area contributed by atoms with Crippen molar-refractivity contribution in [1.29, 1.82) is 0 Å². The molecule has 0 aromatic rings. The Hall–Kier alpha value is -0.480. The molecular formula is C12H22O. The van der Waals surface area contributed by atoms with Gasteiger partial charge in [0, 0.05) is 6.42 Å². The van der Waals surface area contributed by atoms with Gasteiger partial charge in [-0.15, -0.1) is 5.92 Å². The van der Waals surface area contributed by atoms with E-state index in [9.17, 15) is 5.11 Å². The summed E-state index contributed by atoms with van der Waals surface area (Å²) >= 11 is 0. The lowest BCUT2D eigenvalue weighted by Crippen LogP contribution is -2.23. The number of hydrogen-bond acceptors (Lipinski definition) is 1. The normalized spacial score (nSPS) is 15.4. The third-order valence-corrected chi connectivity index (χ3v) is 1.67. The van der Waals surface area contributed by atoms with Crippen LogP contribution in [-0.2, 0) is 0 Å². The van der Waals surface area contributed by atoms with Gasteiger partial charge in [0.15, 0.2) is 0 Å². The van der Waals surface area contributed by atoms with Crippen molar-refractivity contribution in [2.75, 3.05) is 0 Å². The smallest absolute Gasteiger partial charge is 0.122 e. The van der Waals surface area contributed by atoms with Gasteiger partial charge in [0.1, 0.15) is 5.60 Å². The van der Waals surface area contributed by atoms with Gasteiger partial charge in [-0.2, -0.15) is 0 Å². The zero-order chi connectivity index (χ0) is 10.5. The topological polar surface area (TPSA) is 20.2 Å². The highest BCUT2D eigenvalue weighted by Gasteiger charge is 2.17. The number of rotatable bonds is 3. The van der Waals surface area contributed by atoms with Crippen molar-refractivity contribution < 1.29 is 5.11 Å². The summed E-state index contributed by atoms with van der Waals surface area (Å²) in [6.07, 6.45) is 1.62. The minimum Gasteiger partial charge on any atom is -0.378 e. The SMILES string of the molecule is CC(C)CC#CC(C)(O)CC(C)C. The van der Waals surface area contributed by atoms with E-state index in [0.29, 0.717) is 11.8 Å². The Morgan fingerprint density at radius 3 is 2.08 bits per heavy atom. The lowest BCUT2D eigenvalue weighted by atomic mass is 9.94. The maximum absolute atomic E-state index is 9.82. The van der Waals surface area contributed by atoms with Gasteiger partial charge in [-0.05, 0) is 25.2 Å². The standard InChI is InChI=1S/C12H22O/c1-10(2)7-6-8-12(5,13)9-11(3)4/h10-11,13H,7,9H2,1-5H3. The molecule has 0 spiro atoms. The zero-order valence-electron chi connectivity index (χ0n) is 9.52. The van der Waals surface area contributed by atoms with E-state index in [1.54, 1.807) is 6.92 Å². The average molecular weight is 182 g/mol. The average Bonchev–Trinajstić information content (AvgIpc) is 1.81. The van der Waals surface area contributed by atoms with Gasteiger partial charge in [-0.25, -0.2) is 0 Å². The van der Waals surface area contributed by atoms with Crippen LogP contribution in [0.1, 0.15) is 47.5 Å². The van der Waals surface area contributed by atoms with Crippen molar-refractivity contribution in [3.05, 3.63) is 0 Å². The Labute approximate surface area is 82.5 Å². The van der Waals surface area contributed by atoms with E-state index >= 15 is 0 Å². The van der Waals surface area contributed by atoms with Crippen molar-refractivity contribution >= 4 is 0 Å².